The molecule has 1 aromatic carbocycles. The minimum atomic E-state index is -4.71. The summed E-state index contributed by atoms with van der Waals surface area (Å²) >= 11 is 0. The van der Waals surface area contributed by atoms with Gasteiger partial charge in [-0.1, -0.05) is 18.2 Å². The zero-order valence-electron chi connectivity index (χ0n) is 20.9. The maximum Gasteiger partial charge on any atom is 0.433 e. The summed E-state index contributed by atoms with van der Waals surface area (Å²) in [6, 6.07) is 8.31. The van der Waals surface area contributed by atoms with Crippen molar-refractivity contribution < 1.29 is 23.0 Å². The number of benzene rings is 1. The fourth-order valence-electron chi connectivity index (χ4n) is 4.85. The summed E-state index contributed by atoms with van der Waals surface area (Å²) in [5.41, 5.74) is -1.28. The van der Waals surface area contributed by atoms with Crippen LogP contribution in [0.5, 0.6) is 0 Å². The first kappa shape index (κ1) is 25.3. The monoisotopic (exact) mass is 515 g/mol. The van der Waals surface area contributed by atoms with Crippen molar-refractivity contribution in [3.8, 4) is 11.3 Å². The lowest BCUT2D eigenvalue weighted by Gasteiger charge is -2.41. The largest absolute Gasteiger partial charge is 0.433 e. The highest BCUT2D eigenvalue weighted by Crippen LogP contribution is 2.40. The van der Waals surface area contributed by atoms with E-state index in [1.54, 1.807) is 26.2 Å². The van der Waals surface area contributed by atoms with Crippen LogP contribution in [0.25, 0.3) is 22.2 Å². The van der Waals surface area contributed by atoms with Crippen LogP contribution in [-0.2, 0) is 35.5 Å². The van der Waals surface area contributed by atoms with Gasteiger partial charge < -0.3 is 14.4 Å². The first-order valence-electron chi connectivity index (χ1n) is 11.9. The van der Waals surface area contributed by atoms with Gasteiger partial charge in [0.15, 0.2) is 5.72 Å². The topological polar surface area (TPSA) is 114 Å². The summed E-state index contributed by atoms with van der Waals surface area (Å²) in [7, 11) is 1.88. The molecule has 1 saturated heterocycles. The number of alkyl halides is 3. The number of aromatic amines is 1. The van der Waals surface area contributed by atoms with Crippen molar-refractivity contribution in [2.24, 2.45) is 7.05 Å². The minimum absolute atomic E-state index is 0.174. The third-order valence-corrected chi connectivity index (χ3v) is 6.68. The van der Waals surface area contributed by atoms with Gasteiger partial charge in [-0.05, 0) is 38.5 Å². The molecule has 1 fully saturated rings. The van der Waals surface area contributed by atoms with Crippen LogP contribution in [0.4, 0.5) is 13.2 Å². The van der Waals surface area contributed by atoms with Crippen LogP contribution < -0.4 is 5.32 Å². The van der Waals surface area contributed by atoms with Crippen LogP contribution in [-0.4, -0.2) is 54.3 Å². The number of aromatic nitrogens is 6. The average molecular weight is 516 g/mol. The Bertz CT molecular complexity index is 1440. The Morgan fingerprint density at radius 1 is 1.24 bits per heavy atom. The first-order valence-corrected chi connectivity index (χ1v) is 11.9. The predicted octanol–water partition coefficient (Wildman–Crippen LogP) is 3.45. The van der Waals surface area contributed by atoms with Crippen molar-refractivity contribution in [3.05, 3.63) is 59.4 Å². The van der Waals surface area contributed by atoms with E-state index in [2.05, 4.69) is 30.7 Å². The molecule has 37 heavy (non-hydrogen) atoms. The van der Waals surface area contributed by atoms with Crippen molar-refractivity contribution in [3.63, 3.8) is 0 Å². The number of hydrogen-bond donors (Lipinski definition) is 3. The van der Waals surface area contributed by atoms with Crippen molar-refractivity contribution in [1.29, 1.82) is 0 Å². The Labute approximate surface area is 211 Å². The molecule has 1 aliphatic heterocycles. The van der Waals surface area contributed by atoms with Gasteiger partial charge in [0.05, 0.1) is 18.7 Å². The van der Waals surface area contributed by atoms with Gasteiger partial charge in [0.2, 0.25) is 0 Å². The number of ether oxygens (including phenoxy) is 1. The van der Waals surface area contributed by atoms with Crippen LogP contribution in [0.2, 0.25) is 0 Å². The predicted molar refractivity (Wildman–Crippen MR) is 129 cm³/mol. The molecule has 0 bridgehead atoms. The maximum atomic E-state index is 13.9. The number of H-pyrrole nitrogens is 1. The molecule has 0 radical (unpaired) electrons. The van der Waals surface area contributed by atoms with Gasteiger partial charge in [0, 0.05) is 35.9 Å². The zero-order chi connectivity index (χ0) is 26.6. The van der Waals surface area contributed by atoms with Crippen LogP contribution in [0, 0.1) is 0 Å². The molecule has 4 heterocycles. The second-order valence-electron chi connectivity index (χ2n) is 10.1. The van der Waals surface area contributed by atoms with E-state index in [0.29, 0.717) is 30.9 Å². The van der Waals surface area contributed by atoms with Gasteiger partial charge >= 0.3 is 6.18 Å². The molecule has 1 atom stereocenters. The van der Waals surface area contributed by atoms with E-state index in [9.17, 15) is 18.3 Å². The molecule has 12 heteroatoms. The maximum absolute atomic E-state index is 13.9. The highest BCUT2D eigenvalue weighted by molar-refractivity contribution is 5.94. The lowest BCUT2D eigenvalue weighted by Crippen LogP contribution is -2.49. The van der Waals surface area contributed by atoms with E-state index in [0.717, 1.165) is 17.5 Å². The molecule has 3 aromatic heterocycles. The Morgan fingerprint density at radius 3 is 2.59 bits per heavy atom. The Morgan fingerprint density at radius 2 is 2.00 bits per heavy atom. The second-order valence-corrected chi connectivity index (χ2v) is 10.1. The van der Waals surface area contributed by atoms with E-state index in [1.807, 2.05) is 29.8 Å². The lowest BCUT2D eigenvalue weighted by molar-refractivity contribution is -0.141. The fraction of sp³-hybridized carbons (Fsp3) is 0.440. The van der Waals surface area contributed by atoms with Gasteiger partial charge in [0.1, 0.15) is 29.2 Å². The molecular formula is C25H28F3N7O2. The van der Waals surface area contributed by atoms with Crippen molar-refractivity contribution in [2.75, 3.05) is 13.2 Å². The Balaban J connectivity index is 1.62. The molecule has 3 N–H and O–H groups in total. The summed E-state index contributed by atoms with van der Waals surface area (Å²) in [5, 5.41) is 29.5. The number of aliphatic hydroxyl groups is 1. The summed E-state index contributed by atoms with van der Waals surface area (Å²) in [6.45, 7) is 5.92. The fourth-order valence-corrected chi connectivity index (χ4v) is 4.85. The van der Waals surface area contributed by atoms with Crippen LogP contribution in [0.15, 0.2) is 36.7 Å². The van der Waals surface area contributed by atoms with Crippen LogP contribution >= 0.6 is 0 Å². The average Bonchev–Trinajstić information content (AvgIpc) is 3.40. The zero-order valence-corrected chi connectivity index (χ0v) is 20.9. The standard InChI is InChI=1S/C25H28F3N7O2/c1-14(2)31-23(3,36)22-21-17(9-18(30-22)25(26,27)28)20(33-34-21)15-6-5-7-16(8-15)24(11-37-12-24)10-19-32-29-13-35(19)4/h5-9,13-14,31,36H,10-12H2,1-4H3,(H,33,34)/t23-/m1/s1. The summed E-state index contributed by atoms with van der Waals surface area (Å²) in [6.07, 6.45) is -2.47. The molecule has 0 amide bonds. The SMILES string of the molecule is CC(C)N[C@](C)(O)c1nc(C(F)(F)F)cc2c(-c3cccc(C4(Cc5nncn5C)COC4)c3)n[nH]c12. The van der Waals surface area contributed by atoms with E-state index < -0.39 is 17.6 Å². The van der Waals surface area contributed by atoms with Crippen LogP contribution in [0.1, 0.15) is 43.5 Å². The number of aryl methyl sites for hydroxylation is 1. The van der Waals surface area contributed by atoms with Crippen LogP contribution in [0.3, 0.4) is 0 Å². The molecule has 196 valence electrons. The smallest absolute Gasteiger partial charge is 0.379 e. The molecule has 4 aromatic rings. The van der Waals surface area contributed by atoms with Gasteiger partial charge in [-0.3, -0.25) is 10.4 Å². The second kappa shape index (κ2) is 8.89. The molecule has 9 nitrogen and oxygen atoms in total. The van der Waals surface area contributed by atoms with Crippen molar-refractivity contribution in [2.45, 2.75) is 50.6 Å². The minimum Gasteiger partial charge on any atom is -0.379 e. The number of pyridine rings is 1. The number of nitrogens with zero attached hydrogens (tertiary/aromatic N) is 5. The van der Waals surface area contributed by atoms with Gasteiger partial charge in [0.25, 0.3) is 0 Å². The van der Waals surface area contributed by atoms with E-state index in [-0.39, 0.29) is 28.1 Å². The third kappa shape index (κ3) is 4.60. The van der Waals surface area contributed by atoms with E-state index in [1.165, 1.54) is 6.92 Å². The summed E-state index contributed by atoms with van der Waals surface area (Å²) in [5.74, 6) is 0.810. The molecule has 0 saturated carbocycles. The molecule has 0 spiro atoms. The number of hydrogen-bond acceptors (Lipinski definition) is 7. The van der Waals surface area contributed by atoms with Gasteiger partial charge in [-0.25, -0.2) is 4.98 Å². The third-order valence-electron chi connectivity index (χ3n) is 6.68. The first-order chi connectivity index (χ1) is 17.4. The normalized spacial score (nSPS) is 17.2. The van der Waals surface area contributed by atoms with E-state index >= 15 is 0 Å². The highest BCUT2D eigenvalue weighted by Gasteiger charge is 2.42. The molecule has 5 rings (SSSR count). The molecule has 0 unspecified atom stereocenters. The van der Waals surface area contributed by atoms with Crippen molar-refractivity contribution in [1.82, 2.24) is 35.3 Å². The Kier molecular flexibility index (Phi) is 6.08. The number of rotatable bonds is 7. The summed E-state index contributed by atoms with van der Waals surface area (Å²) < 4.78 is 49.0. The quantitative estimate of drug-likeness (QED) is 0.323. The lowest BCUT2D eigenvalue weighted by atomic mass is 9.75. The van der Waals surface area contributed by atoms with Crippen molar-refractivity contribution >= 4 is 10.9 Å². The molecular weight excluding hydrogens is 487 g/mol. The highest BCUT2D eigenvalue weighted by atomic mass is 19.4. The number of nitrogens with one attached hydrogen (secondary N) is 2. The van der Waals surface area contributed by atoms with E-state index in [4.69, 9.17) is 4.74 Å². The van der Waals surface area contributed by atoms with Gasteiger partial charge in [-0.15, -0.1) is 10.2 Å². The molecule has 0 aliphatic carbocycles. The number of halogens is 3. The molecule has 1 aliphatic rings. The summed E-state index contributed by atoms with van der Waals surface area (Å²) in [4.78, 5) is 3.79. The Hall–Kier alpha value is -3.35. The number of fused-ring (bicyclic) bond motifs is 1. The van der Waals surface area contributed by atoms with Gasteiger partial charge in [-0.2, -0.15) is 18.3 Å².